The highest BCUT2D eigenvalue weighted by molar-refractivity contribution is 5.40. The quantitative estimate of drug-likeness (QED) is 0.831. The Morgan fingerprint density at radius 3 is 2.81 bits per heavy atom. The van der Waals surface area contributed by atoms with Crippen LogP contribution in [0.25, 0.3) is 0 Å². The molecule has 0 aromatic heterocycles. The van der Waals surface area contributed by atoms with Crippen LogP contribution in [0.3, 0.4) is 0 Å². The van der Waals surface area contributed by atoms with E-state index in [0.717, 1.165) is 48.9 Å². The minimum Gasteiger partial charge on any atom is -0.497 e. The second kappa shape index (κ2) is 6.69. The van der Waals surface area contributed by atoms with Gasteiger partial charge in [-0.3, -0.25) is 0 Å². The number of benzene rings is 1. The summed E-state index contributed by atoms with van der Waals surface area (Å²) >= 11 is 0. The van der Waals surface area contributed by atoms with E-state index in [0.29, 0.717) is 0 Å². The Morgan fingerprint density at radius 1 is 1.24 bits per heavy atom. The van der Waals surface area contributed by atoms with Crippen LogP contribution in [0.15, 0.2) is 18.2 Å². The number of hydrogen-bond acceptors (Lipinski definition) is 3. The fourth-order valence-electron chi connectivity index (χ4n) is 4.00. The maximum Gasteiger partial charge on any atom is 0.124 e. The molecule has 3 rings (SSSR count). The van der Waals surface area contributed by atoms with Crippen molar-refractivity contribution in [2.75, 3.05) is 20.3 Å². The van der Waals surface area contributed by atoms with E-state index in [1.54, 1.807) is 7.11 Å². The third-order valence-corrected chi connectivity index (χ3v) is 5.17. The van der Waals surface area contributed by atoms with Gasteiger partial charge in [-0.2, -0.15) is 0 Å². The Balaban J connectivity index is 1.63. The normalized spacial score (nSPS) is 27.0. The van der Waals surface area contributed by atoms with Crippen molar-refractivity contribution in [3.05, 3.63) is 23.8 Å². The lowest BCUT2D eigenvalue weighted by molar-refractivity contribution is 0.193. The first-order valence-corrected chi connectivity index (χ1v) is 8.30. The molecule has 3 unspecified atom stereocenters. The monoisotopic (exact) mass is 289 g/mol. The number of nitrogens with one attached hydrogen (secondary N) is 1. The molecule has 3 atom stereocenters. The van der Waals surface area contributed by atoms with Gasteiger partial charge in [-0.1, -0.05) is 13.3 Å². The van der Waals surface area contributed by atoms with Crippen molar-refractivity contribution in [3.63, 3.8) is 0 Å². The number of rotatable bonds is 7. The van der Waals surface area contributed by atoms with Crippen molar-refractivity contribution in [2.45, 2.75) is 39.2 Å². The fraction of sp³-hybridized carbons (Fsp3) is 0.667. The maximum absolute atomic E-state index is 6.17. The van der Waals surface area contributed by atoms with Crippen molar-refractivity contribution >= 4 is 0 Å². The Labute approximate surface area is 128 Å². The minimum absolute atomic E-state index is 0.776. The summed E-state index contributed by atoms with van der Waals surface area (Å²) in [6.07, 6.45) is 5.70. The molecule has 116 valence electrons. The highest BCUT2D eigenvalue weighted by atomic mass is 16.5. The van der Waals surface area contributed by atoms with E-state index < -0.39 is 0 Å². The number of hydrogen-bond donors (Lipinski definition) is 1. The molecule has 3 heteroatoms. The Kier molecular flexibility index (Phi) is 4.69. The number of ether oxygens (including phenoxy) is 2. The molecule has 1 aromatic carbocycles. The Bertz CT molecular complexity index is 474. The summed E-state index contributed by atoms with van der Waals surface area (Å²) in [5.41, 5.74) is 1.19. The van der Waals surface area contributed by atoms with E-state index in [2.05, 4.69) is 24.4 Å². The van der Waals surface area contributed by atoms with Gasteiger partial charge < -0.3 is 14.8 Å². The van der Waals surface area contributed by atoms with E-state index >= 15 is 0 Å². The Morgan fingerprint density at radius 2 is 2.14 bits per heavy atom. The number of methoxy groups -OCH3 is 1. The average molecular weight is 289 g/mol. The van der Waals surface area contributed by atoms with Crippen LogP contribution in [0.4, 0.5) is 0 Å². The van der Waals surface area contributed by atoms with Gasteiger partial charge >= 0.3 is 0 Å². The van der Waals surface area contributed by atoms with Gasteiger partial charge in [-0.05, 0) is 61.8 Å². The lowest BCUT2D eigenvalue weighted by Gasteiger charge is -2.22. The molecule has 0 spiro atoms. The summed E-state index contributed by atoms with van der Waals surface area (Å²) in [7, 11) is 1.71. The highest BCUT2D eigenvalue weighted by Crippen LogP contribution is 2.48. The molecule has 2 aliphatic rings. The van der Waals surface area contributed by atoms with Crippen LogP contribution in [0.5, 0.6) is 11.5 Å². The van der Waals surface area contributed by atoms with E-state index in [1.165, 1.54) is 31.2 Å². The minimum atomic E-state index is 0.776. The molecule has 0 radical (unpaired) electrons. The van der Waals surface area contributed by atoms with Gasteiger partial charge in [0.05, 0.1) is 13.7 Å². The molecule has 0 saturated heterocycles. The summed E-state index contributed by atoms with van der Waals surface area (Å²) in [5.74, 6) is 4.60. The van der Waals surface area contributed by atoms with E-state index in [4.69, 9.17) is 9.47 Å². The van der Waals surface area contributed by atoms with Gasteiger partial charge in [0.15, 0.2) is 0 Å². The average Bonchev–Trinajstić information content (AvgIpc) is 3.14. The van der Waals surface area contributed by atoms with Crippen LogP contribution in [0.2, 0.25) is 0 Å². The molecule has 21 heavy (non-hydrogen) atoms. The van der Waals surface area contributed by atoms with Gasteiger partial charge in [0.25, 0.3) is 0 Å². The van der Waals surface area contributed by atoms with Crippen LogP contribution < -0.4 is 14.8 Å². The fourth-order valence-corrected chi connectivity index (χ4v) is 4.00. The van der Waals surface area contributed by atoms with Crippen molar-refractivity contribution in [3.8, 4) is 11.5 Å². The molecule has 0 aliphatic heterocycles. The smallest absolute Gasteiger partial charge is 0.124 e. The lowest BCUT2D eigenvalue weighted by Crippen LogP contribution is -2.19. The van der Waals surface area contributed by atoms with Crippen molar-refractivity contribution in [2.24, 2.45) is 17.8 Å². The summed E-state index contributed by atoms with van der Waals surface area (Å²) in [5, 5.41) is 3.38. The number of fused-ring (bicyclic) bond motifs is 2. The van der Waals surface area contributed by atoms with E-state index in [1.807, 2.05) is 6.07 Å². The second-order valence-corrected chi connectivity index (χ2v) is 6.50. The molecule has 0 heterocycles. The SMILES string of the molecule is CCNCc1cc(OC)ccc1OCC1CC2CCC1C2. The highest BCUT2D eigenvalue weighted by Gasteiger charge is 2.39. The van der Waals surface area contributed by atoms with Gasteiger partial charge in [0, 0.05) is 12.1 Å². The molecular weight excluding hydrogens is 262 g/mol. The molecule has 0 amide bonds. The van der Waals surface area contributed by atoms with Gasteiger partial charge in [0.1, 0.15) is 11.5 Å². The third-order valence-electron chi connectivity index (χ3n) is 5.17. The largest absolute Gasteiger partial charge is 0.497 e. The molecule has 2 aliphatic carbocycles. The van der Waals surface area contributed by atoms with Crippen LogP contribution in [-0.4, -0.2) is 20.3 Å². The first-order valence-electron chi connectivity index (χ1n) is 8.30. The summed E-state index contributed by atoms with van der Waals surface area (Å²) in [6, 6.07) is 6.13. The van der Waals surface area contributed by atoms with Crippen molar-refractivity contribution in [1.29, 1.82) is 0 Å². The van der Waals surface area contributed by atoms with Crippen LogP contribution >= 0.6 is 0 Å². The van der Waals surface area contributed by atoms with Crippen LogP contribution in [0.1, 0.15) is 38.2 Å². The predicted molar refractivity (Wildman–Crippen MR) is 84.8 cm³/mol. The molecular formula is C18H27NO2. The van der Waals surface area contributed by atoms with Crippen LogP contribution in [-0.2, 0) is 6.54 Å². The van der Waals surface area contributed by atoms with Gasteiger partial charge in [-0.25, -0.2) is 0 Å². The molecule has 1 aromatic rings. The Hall–Kier alpha value is -1.22. The lowest BCUT2D eigenvalue weighted by atomic mass is 9.89. The molecule has 2 bridgehead atoms. The predicted octanol–water partition coefficient (Wildman–Crippen LogP) is 3.62. The zero-order valence-electron chi connectivity index (χ0n) is 13.2. The molecule has 2 saturated carbocycles. The first kappa shape index (κ1) is 14.7. The molecule has 1 N–H and O–H groups in total. The van der Waals surface area contributed by atoms with E-state index in [9.17, 15) is 0 Å². The second-order valence-electron chi connectivity index (χ2n) is 6.50. The zero-order chi connectivity index (χ0) is 14.7. The topological polar surface area (TPSA) is 30.5 Å². The third kappa shape index (κ3) is 3.34. The van der Waals surface area contributed by atoms with Crippen molar-refractivity contribution in [1.82, 2.24) is 5.32 Å². The van der Waals surface area contributed by atoms with Gasteiger partial charge in [-0.15, -0.1) is 0 Å². The summed E-state index contributed by atoms with van der Waals surface area (Å²) < 4.78 is 11.5. The van der Waals surface area contributed by atoms with Gasteiger partial charge in [0.2, 0.25) is 0 Å². The molecule has 3 nitrogen and oxygen atoms in total. The van der Waals surface area contributed by atoms with Crippen molar-refractivity contribution < 1.29 is 9.47 Å². The first-order chi connectivity index (χ1) is 10.3. The molecule has 2 fully saturated rings. The maximum atomic E-state index is 6.17. The zero-order valence-corrected chi connectivity index (χ0v) is 13.2. The standard InChI is InChI=1S/C18H27NO2/c1-3-19-11-15-10-17(20-2)6-7-18(15)21-12-16-9-13-4-5-14(16)8-13/h6-7,10,13-14,16,19H,3-5,8-9,11-12H2,1-2H3. The van der Waals surface area contributed by atoms with E-state index in [-0.39, 0.29) is 0 Å². The van der Waals surface area contributed by atoms with Crippen LogP contribution in [0, 0.1) is 17.8 Å². The summed E-state index contributed by atoms with van der Waals surface area (Å²) in [6.45, 7) is 4.80. The summed E-state index contributed by atoms with van der Waals surface area (Å²) in [4.78, 5) is 0.